The number of halogens is 1. The van der Waals surface area contributed by atoms with Gasteiger partial charge in [-0.05, 0) is 73.6 Å². The van der Waals surface area contributed by atoms with Gasteiger partial charge in [-0.1, -0.05) is 18.2 Å². The summed E-state index contributed by atoms with van der Waals surface area (Å²) in [5, 5.41) is 9.01. The van der Waals surface area contributed by atoms with Crippen molar-refractivity contribution in [1.82, 2.24) is 20.0 Å². The van der Waals surface area contributed by atoms with E-state index >= 15 is 0 Å². The summed E-state index contributed by atoms with van der Waals surface area (Å²) in [6.45, 7) is 1.90. The number of amides is 2. The number of aromatic nitrogens is 2. The fraction of sp³-hybridized carbons (Fsp3) is 0.324. The molecule has 11 heteroatoms. The Morgan fingerprint density at radius 3 is 2.62 bits per heavy atom. The number of carbonyl (C=O) groups excluding carboxylic acids is 2. The summed E-state index contributed by atoms with van der Waals surface area (Å²) in [4.78, 5) is 29.2. The summed E-state index contributed by atoms with van der Waals surface area (Å²) in [5.74, 6) is 0.0777. The summed E-state index contributed by atoms with van der Waals surface area (Å²) >= 11 is 0.580. The molecule has 1 atom stereocenters. The maximum Gasteiger partial charge on any atom is 0.275 e. The Kier molecular flexibility index (Phi) is 7.74. The first kappa shape index (κ1) is 29.4. The van der Waals surface area contributed by atoms with Gasteiger partial charge in [0, 0.05) is 62.0 Å². The first-order chi connectivity index (χ1) is 21.9. The van der Waals surface area contributed by atoms with Gasteiger partial charge in [0.15, 0.2) is 5.69 Å². The molecule has 3 aromatic carbocycles. The van der Waals surface area contributed by atoms with E-state index in [0.29, 0.717) is 64.8 Å². The third-order valence-corrected chi connectivity index (χ3v) is 9.44. The quantitative estimate of drug-likeness (QED) is 0.142. The molecule has 0 radical (unpaired) electrons. The normalized spacial score (nSPS) is 16.8. The number of rotatable bonds is 8. The number of piperidine rings is 1. The van der Waals surface area contributed by atoms with Crippen LogP contribution in [0.15, 0.2) is 65.1 Å². The van der Waals surface area contributed by atoms with Gasteiger partial charge in [-0.2, -0.15) is 5.10 Å². The summed E-state index contributed by atoms with van der Waals surface area (Å²) in [6.07, 6.45) is 4.00. The van der Waals surface area contributed by atoms with Crippen LogP contribution in [0, 0.1) is 11.7 Å². The van der Waals surface area contributed by atoms with Crippen molar-refractivity contribution >= 4 is 51.6 Å². The Morgan fingerprint density at radius 1 is 1.11 bits per heavy atom. The van der Waals surface area contributed by atoms with Gasteiger partial charge >= 0.3 is 0 Å². The molecule has 3 heterocycles. The van der Waals surface area contributed by atoms with E-state index in [-0.39, 0.29) is 23.5 Å². The number of carbonyl (C=O) groups is 2. The van der Waals surface area contributed by atoms with Crippen molar-refractivity contribution in [2.45, 2.75) is 38.1 Å². The molecule has 1 aliphatic carbocycles. The Balaban J connectivity index is 1.28. The average Bonchev–Trinajstić information content (AvgIpc) is 3.71. The van der Waals surface area contributed by atoms with Crippen molar-refractivity contribution in [1.29, 1.82) is 0 Å². The van der Waals surface area contributed by atoms with Crippen LogP contribution in [0.5, 0.6) is 0 Å². The lowest BCUT2D eigenvalue weighted by Crippen LogP contribution is -2.39. The predicted molar refractivity (Wildman–Crippen MR) is 174 cm³/mol. The first-order valence-corrected chi connectivity index (χ1v) is 16.0. The molecule has 2 aliphatic rings. The smallest absolute Gasteiger partial charge is 0.275 e. The van der Waals surface area contributed by atoms with Crippen LogP contribution in [0.3, 0.4) is 0 Å². The van der Waals surface area contributed by atoms with E-state index in [9.17, 15) is 18.5 Å². The molecule has 2 fully saturated rings. The molecule has 1 aliphatic heterocycles. The molecule has 0 spiro atoms. The molecule has 5 aromatic rings. The number of furan rings is 1. The largest absolute Gasteiger partial charge is 0.455 e. The Bertz CT molecular complexity index is 1920. The van der Waals surface area contributed by atoms with E-state index in [4.69, 9.17) is 9.52 Å². The molecular formula is C34H34FN5O4S. The zero-order valence-electron chi connectivity index (χ0n) is 25.1. The Morgan fingerprint density at radius 2 is 1.89 bits per heavy atom. The van der Waals surface area contributed by atoms with Gasteiger partial charge in [-0.15, -0.1) is 0 Å². The highest BCUT2D eigenvalue weighted by molar-refractivity contribution is 7.95. The number of likely N-dealkylation sites (tertiary alicyclic amines) is 1. The lowest BCUT2D eigenvalue weighted by atomic mass is 9.88. The van der Waals surface area contributed by atoms with Gasteiger partial charge in [-0.3, -0.25) is 18.6 Å². The average molecular weight is 628 g/mol. The fourth-order valence-electron chi connectivity index (χ4n) is 6.48. The summed E-state index contributed by atoms with van der Waals surface area (Å²) in [7, 11) is 3.31. The van der Waals surface area contributed by atoms with Crippen LogP contribution in [0.25, 0.3) is 33.2 Å². The van der Waals surface area contributed by atoms with Gasteiger partial charge in [0.25, 0.3) is 11.8 Å². The van der Waals surface area contributed by atoms with Crippen molar-refractivity contribution < 1.29 is 22.9 Å². The van der Waals surface area contributed by atoms with Crippen LogP contribution >= 0.6 is 12.2 Å². The molecular weight excluding hydrogens is 593 g/mol. The van der Waals surface area contributed by atoms with Crippen molar-refractivity contribution in [2.24, 2.45) is 5.92 Å². The zero-order valence-corrected chi connectivity index (χ0v) is 25.9. The summed E-state index contributed by atoms with van der Waals surface area (Å²) < 4.78 is 33.7. The monoisotopic (exact) mass is 627 g/mol. The van der Waals surface area contributed by atoms with E-state index in [1.165, 1.54) is 25.0 Å². The second kappa shape index (κ2) is 11.9. The van der Waals surface area contributed by atoms with Gasteiger partial charge in [0.05, 0.1) is 16.8 Å². The van der Waals surface area contributed by atoms with Gasteiger partial charge in [0.1, 0.15) is 29.4 Å². The van der Waals surface area contributed by atoms with E-state index < -0.39 is 0 Å². The molecule has 1 saturated heterocycles. The van der Waals surface area contributed by atoms with Gasteiger partial charge < -0.3 is 19.2 Å². The van der Waals surface area contributed by atoms with Crippen LogP contribution in [0.1, 0.15) is 58.0 Å². The van der Waals surface area contributed by atoms with Crippen molar-refractivity contribution in [3.8, 4) is 11.3 Å². The lowest BCUT2D eigenvalue weighted by Gasteiger charge is -2.34. The van der Waals surface area contributed by atoms with Crippen molar-refractivity contribution in [2.75, 3.05) is 31.5 Å². The van der Waals surface area contributed by atoms with Gasteiger partial charge in [-0.25, -0.2) is 4.39 Å². The van der Waals surface area contributed by atoms with Crippen LogP contribution in [0.2, 0.25) is 0 Å². The first-order valence-electron chi connectivity index (χ1n) is 15.2. The third kappa shape index (κ3) is 5.44. The Labute approximate surface area is 264 Å². The topological polar surface area (TPSA) is 104 Å². The highest BCUT2D eigenvalue weighted by Crippen LogP contribution is 2.42. The summed E-state index contributed by atoms with van der Waals surface area (Å²) in [6, 6.07) is 17.5. The number of anilines is 1. The molecule has 2 N–H and O–H groups in total. The zero-order chi connectivity index (χ0) is 31.2. The molecule has 232 valence electrons. The molecule has 0 unspecified atom stereocenters. The van der Waals surface area contributed by atoms with Crippen molar-refractivity contribution in [3.63, 3.8) is 0 Å². The minimum absolute atomic E-state index is 0.0711. The molecule has 9 nitrogen and oxygen atoms in total. The highest BCUT2D eigenvalue weighted by atomic mass is 32.2. The number of nitrogens with one attached hydrogen (secondary N) is 1. The number of hydrogen-bond donors (Lipinski definition) is 2. The molecule has 0 bridgehead atoms. The Hall–Kier alpha value is -4.35. The minimum atomic E-state index is -0.387. The maximum atomic E-state index is 14.1. The molecule has 45 heavy (non-hydrogen) atoms. The van der Waals surface area contributed by atoms with Crippen molar-refractivity contribution in [3.05, 3.63) is 83.3 Å². The summed E-state index contributed by atoms with van der Waals surface area (Å²) in [5.41, 5.74) is 4.45. The van der Waals surface area contributed by atoms with E-state index in [0.717, 1.165) is 41.5 Å². The standard InChI is InChI=1S/C34H34FN5O4S/c1-36-33(41)30-26-16-25(28(38(2)45-43)17-29(26)44-32(30)21-11-13-23(35)14-12-21)22-6-5-15-39(19-22)34(42)31-24-7-3-4-8-27(24)40(37-31)18-20-9-10-20/h3-4,7-8,11-14,16-17,20,22,43H,5-6,9-10,15,18-19H2,1-2H3,(H,36,41)/t22-/m0/s1. The molecule has 1 saturated carbocycles. The maximum absolute atomic E-state index is 14.1. The minimum Gasteiger partial charge on any atom is -0.455 e. The highest BCUT2D eigenvalue weighted by Gasteiger charge is 2.32. The number of hydrogen-bond acceptors (Lipinski definition) is 7. The predicted octanol–water partition coefficient (Wildman–Crippen LogP) is 6.94. The van der Waals surface area contributed by atoms with Gasteiger partial charge in [0.2, 0.25) is 0 Å². The number of benzene rings is 3. The van der Waals surface area contributed by atoms with E-state index in [1.807, 2.05) is 46.0 Å². The third-order valence-electron chi connectivity index (χ3n) is 9.00. The molecule has 2 amide bonds. The van der Waals surface area contributed by atoms with E-state index in [1.54, 1.807) is 30.5 Å². The molecule has 7 rings (SSSR count). The number of para-hydroxylation sites is 1. The molecule has 2 aromatic heterocycles. The number of nitrogens with zero attached hydrogens (tertiary/aromatic N) is 4. The fourth-order valence-corrected chi connectivity index (χ4v) is 6.73. The van der Waals surface area contributed by atoms with Crippen LogP contribution < -0.4 is 9.62 Å². The second-order valence-corrected chi connectivity index (χ2v) is 12.7. The van der Waals surface area contributed by atoms with E-state index in [2.05, 4.69) is 5.32 Å². The second-order valence-electron chi connectivity index (χ2n) is 12.0. The van der Waals surface area contributed by atoms with Crippen LogP contribution in [0.4, 0.5) is 10.1 Å². The SMILES string of the molecule is CNC(=O)c1c(-c2ccc(F)cc2)oc2cc(N(C)SO)c([C@H]3CCCN(C(=O)c4nn(CC5CC5)c5ccccc45)C3)cc12. The number of fused-ring (bicyclic) bond motifs is 2. The van der Waals surface area contributed by atoms with Crippen LogP contribution in [-0.4, -0.2) is 58.2 Å². The lowest BCUT2D eigenvalue weighted by molar-refractivity contribution is 0.0702. The van der Waals surface area contributed by atoms with Crippen LogP contribution in [-0.2, 0) is 6.54 Å².